The van der Waals surface area contributed by atoms with Crippen molar-refractivity contribution in [1.82, 2.24) is 0 Å². The Bertz CT molecular complexity index is 68.7. The molecule has 4 heteroatoms. The maximum absolute atomic E-state index is 8.56. The van der Waals surface area contributed by atoms with Crippen LogP contribution < -0.4 is 0 Å². The molecule has 1 heterocycles. The van der Waals surface area contributed by atoms with Crippen LogP contribution in [-0.4, -0.2) is 27.9 Å². The summed E-state index contributed by atoms with van der Waals surface area (Å²) in [5.41, 5.74) is 0. The molecule has 0 spiro atoms. The summed E-state index contributed by atoms with van der Waals surface area (Å²) in [6, 6.07) is 0. The standard InChI is InChI=1S/C4H8S.CH2O3/c1-2-4-5-3-1;2-1(3)4/h1-4H2;(H2,2,3,4). The Morgan fingerprint density at radius 3 is 1.67 bits per heavy atom. The summed E-state index contributed by atoms with van der Waals surface area (Å²) in [7, 11) is 0. The molecule has 0 atom stereocenters. The molecule has 1 aliphatic heterocycles. The Morgan fingerprint density at radius 2 is 1.56 bits per heavy atom. The highest BCUT2D eigenvalue weighted by Crippen LogP contribution is 2.14. The predicted octanol–water partition coefficient (Wildman–Crippen LogP) is 1.74. The monoisotopic (exact) mass is 150 g/mol. The van der Waals surface area contributed by atoms with Crippen molar-refractivity contribution in [3.8, 4) is 0 Å². The second kappa shape index (κ2) is 5.75. The first-order chi connectivity index (χ1) is 4.23. The van der Waals surface area contributed by atoms with Gasteiger partial charge in [0, 0.05) is 0 Å². The van der Waals surface area contributed by atoms with E-state index in [0.29, 0.717) is 0 Å². The van der Waals surface area contributed by atoms with Gasteiger partial charge in [0.15, 0.2) is 0 Å². The highest BCUT2D eigenvalue weighted by Gasteiger charge is 1.95. The van der Waals surface area contributed by atoms with Crippen molar-refractivity contribution in [2.24, 2.45) is 0 Å². The van der Waals surface area contributed by atoms with Crippen molar-refractivity contribution in [3.63, 3.8) is 0 Å². The Balaban J connectivity index is 0.000000148. The predicted molar refractivity (Wildman–Crippen MR) is 37.2 cm³/mol. The van der Waals surface area contributed by atoms with Crippen molar-refractivity contribution in [2.45, 2.75) is 12.8 Å². The fraction of sp³-hybridized carbons (Fsp3) is 0.800. The molecule has 54 valence electrons. The Kier molecular flexibility index (Phi) is 5.51. The minimum absolute atomic E-state index is 1.42. The molecular formula is C5H10O3S. The zero-order valence-electron chi connectivity index (χ0n) is 5.04. The van der Waals surface area contributed by atoms with E-state index < -0.39 is 6.16 Å². The third-order valence-corrected chi connectivity index (χ3v) is 1.98. The van der Waals surface area contributed by atoms with E-state index in [0.717, 1.165) is 0 Å². The number of hydrogen-bond acceptors (Lipinski definition) is 2. The smallest absolute Gasteiger partial charge is 0.450 e. The maximum Gasteiger partial charge on any atom is 0.503 e. The van der Waals surface area contributed by atoms with Crippen LogP contribution in [0.25, 0.3) is 0 Å². The lowest BCUT2D eigenvalue weighted by Crippen LogP contribution is -1.81. The SMILES string of the molecule is C1CCSC1.O=C(O)O. The van der Waals surface area contributed by atoms with Gasteiger partial charge in [-0.05, 0) is 24.3 Å². The first-order valence-corrected chi connectivity index (χ1v) is 3.88. The average molecular weight is 150 g/mol. The van der Waals surface area contributed by atoms with E-state index in [1.54, 1.807) is 0 Å². The van der Waals surface area contributed by atoms with Gasteiger partial charge in [-0.1, -0.05) is 0 Å². The number of carboxylic acid groups (broad SMARTS) is 2. The zero-order chi connectivity index (χ0) is 7.11. The van der Waals surface area contributed by atoms with Crippen LogP contribution in [0.4, 0.5) is 4.79 Å². The van der Waals surface area contributed by atoms with Gasteiger partial charge < -0.3 is 10.2 Å². The summed E-state index contributed by atoms with van der Waals surface area (Å²) in [6.45, 7) is 0. The van der Waals surface area contributed by atoms with E-state index in [1.807, 2.05) is 0 Å². The molecule has 0 saturated carbocycles. The quantitative estimate of drug-likeness (QED) is 0.552. The molecule has 0 aromatic carbocycles. The number of thioether (sulfide) groups is 1. The summed E-state index contributed by atoms with van der Waals surface area (Å²) < 4.78 is 0. The lowest BCUT2D eigenvalue weighted by molar-refractivity contribution is 0.137. The summed E-state index contributed by atoms with van der Waals surface area (Å²) in [6.07, 6.45) is 1.09. The molecule has 0 unspecified atom stereocenters. The van der Waals surface area contributed by atoms with Gasteiger partial charge in [0.2, 0.25) is 0 Å². The number of hydrogen-bond donors (Lipinski definition) is 2. The van der Waals surface area contributed by atoms with E-state index >= 15 is 0 Å². The average Bonchev–Trinajstić information content (AvgIpc) is 2.11. The zero-order valence-corrected chi connectivity index (χ0v) is 5.86. The van der Waals surface area contributed by atoms with Crippen molar-refractivity contribution >= 4 is 17.9 Å². The number of rotatable bonds is 0. The van der Waals surface area contributed by atoms with Gasteiger partial charge in [0.25, 0.3) is 0 Å². The molecule has 1 rings (SSSR count). The van der Waals surface area contributed by atoms with Gasteiger partial charge in [-0.25, -0.2) is 4.79 Å². The van der Waals surface area contributed by atoms with Crippen molar-refractivity contribution in [3.05, 3.63) is 0 Å². The van der Waals surface area contributed by atoms with Crippen LogP contribution in [0, 0.1) is 0 Å². The Hall–Kier alpha value is -0.380. The van der Waals surface area contributed by atoms with Gasteiger partial charge in [0.05, 0.1) is 0 Å². The lowest BCUT2D eigenvalue weighted by Gasteiger charge is -1.69. The van der Waals surface area contributed by atoms with E-state index in [2.05, 4.69) is 11.8 Å². The Morgan fingerprint density at radius 1 is 1.22 bits per heavy atom. The largest absolute Gasteiger partial charge is 0.503 e. The van der Waals surface area contributed by atoms with Crippen LogP contribution in [0.1, 0.15) is 12.8 Å². The molecule has 0 aliphatic carbocycles. The third kappa shape index (κ3) is 11.3. The van der Waals surface area contributed by atoms with E-state index in [1.165, 1.54) is 24.3 Å². The van der Waals surface area contributed by atoms with Crippen LogP contribution in [0.5, 0.6) is 0 Å². The fourth-order valence-corrected chi connectivity index (χ4v) is 1.53. The third-order valence-electron chi connectivity index (χ3n) is 0.827. The van der Waals surface area contributed by atoms with Crippen LogP contribution >= 0.6 is 11.8 Å². The summed E-state index contributed by atoms with van der Waals surface area (Å²) in [5, 5.41) is 13.9. The second-order valence-electron chi connectivity index (χ2n) is 1.60. The van der Waals surface area contributed by atoms with Gasteiger partial charge >= 0.3 is 6.16 Å². The molecule has 9 heavy (non-hydrogen) atoms. The highest BCUT2D eigenvalue weighted by molar-refractivity contribution is 7.99. The minimum Gasteiger partial charge on any atom is -0.450 e. The summed E-state index contributed by atoms with van der Waals surface area (Å²) in [5.74, 6) is 2.83. The van der Waals surface area contributed by atoms with Crippen molar-refractivity contribution in [1.29, 1.82) is 0 Å². The first kappa shape index (κ1) is 8.62. The summed E-state index contributed by atoms with van der Waals surface area (Å²) >= 11 is 2.07. The molecule has 0 amide bonds. The molecule has 1 fully saturated rings. The normalized spacial score (nSPS) is 16.0. The van der Waals surface area contributed by atoms with E-state index in [-0.39, 0.29) is 0 Å². The number of carbonyl (C=O) groups is 1. The van der Waals surface area contributed by atoms with Crippen LogP contribution in [0.3, 0.4) is 0 Å². The molecule has 0 aromatic rings. The molecule has 1 saturated heterocycles. The van der Waals surface area contributed by atoms with E-state index in [9.17, 15) is 0 Å². The van der Waals surface area contributed by atoms with Gasteiger partial charge in [-0.2, -0.15) is 11.8 Å². The topological polar surface area (TPSA) is 57.5 Å². The Labute approximate surface area is 58.1 Å². The highest BCUT2D eigenvalue weighted by atomic mass is 32.2. The van der Waals surface area contributed by atoms with Gasteiger partial charge in [-0.15, -0.1) is 0 Å². The van der Waals surface area contributed by atoms with Gasteiger partial charge in [0.1, 0.15) is 0 Å². The molecule has 2 N–H and O–H groups in total. The van der Waals surface area contributed by atoms with Crippen molar-refractivity contribution < 1.29 is 15.0 Å². The minimum atomic E-state index is -1.83. The first-order valence-electron chi connectivity index (χ1n) is 2.73. The van der Waals surface area contributed by atoms with Crippen LogP contribution in [0.2, 0.25) is 0 Å². The molecule has 0 radical (unpaired) electrons. The molecule has 0 aromatic heterocycles. The fourth-order valence-electron chi connectivity index (χ4n) is 0.510. The second-order valence-corrected chi connectivity index (χ2v) is 2.83. The molecule has 3 nitrogen and oxygen atoms in total. The van der Waals surface area contributed by atoms with Crippen LogP contribution in [0.15, 0.2) is 0 Å². The summed E-state index contributed by atoms with van der Waals surface area (Å²) in [4.78, 5) is 8.56. The van der Waals surface area contributed by atoms with Gasteiger partial charge in [-0.3, -0.25) is 0 Å². The molecule has 0 bridgehead atoms. The lowest BCUT2D eigenvalue weighted by atomic mass is 10.4. The van der Waals surface area contributed by atoms with E-state index in [4.69, 9.17) is 15.0 Å². The molecular weight excluding hydrogens is 140 g/mol. The molecule has 1 aliphatic rings. The maximum atomic E-state index is 8.56. The van der Waals surface area contributed by atoms with Crippen LogP contribution in [-0.2, 0) is 0 Å². The van der Waals surface area contributed by atoms with Crippen molar-refractivity contribution in [2.75, 3.05) is 11.5 Å².